The predicted octanol–water partition coefficient (Wildman–Crippen LogP) is 3.53. The molecule has 0 fully saturated rings. The molecule has 0 saturated carbocycles. The van der Waals surface area contributed by atoms with E-state index in [9.17, 15) is 0 Å². The molecule has 21 heavy (non-hydrogen) atoms. The molecule has 3 aromatic rings. The van der Waals surface area contributed by atoms with E-state index in [-0.39, 0.29) is 0 Å². The lowest BCUT2D eigenvalue weighted by Gasteiger charge is -2.10. The van der Waals surface area contributed by atoms with Gasteiger partial charge in [0.05, 0.1) is 5.69 Å². The highest BCUT2D eigenvalue weighted by Crippen LogP contribution is 2.30. The molecule has 0 aliphatic rings. The Morgan fingerprint density at radius 3 is 2.76 bits per heavy atom. The lowest BCUT2D eigenvalue weighted by Crippen LogP contribution is -2.03. The van der Waals surface area contributed by atoms with Gasteiger partial charge in [-0.25, -0.2) is 0 Å². The summed E-state index contributed by atoms with van der Waals surface area (Å²) in [6, 6.07) is 10.7. The molecule has 0 aliphatic carbocycles. The molecule has 0 unspecified atom stereocenters. The minimum Gasteiger partial charge on any atom is -0.398 e. The van der Waals surface area contributed by atoms with Crippen LogP contribution in [0.25, 0.3) is 17.1 Å². The van der Waals surface area contributed by atoms with Crippen LogP contribution in [0.1, 0.15) is 5.56 Å². The lowest BCUT2D eigenvalue weighted by molar-refractivity contribution is 0.787. The van der Waals surface area contributed by atoms with Crippen LogP contribution < -0.4 is 5.73 Å². The van der Waals surface area contributed by atoms with E-state index in [2.05, 4.69) is 15.5 Å². The van der Waals surface area contributed by atoms with Crippen LogP contribution in [-0.4, -0.2) is 20.2 Å². The van der Waals surface area contributed by atoms with Crippen molar-refractivity contribution in [3.63, 3.8) is 0 Å². The molecule has 3 rings (SSSR count). The van der Waals surface area contributed by atoms with Gasteiger partial charge in [-0.05, 0) is 53.2 Å². The van der Waals surface area contributed by atoms with E-state index in [1.807, 2.05) is 25.1 Å². The molecule has 0 aliphatic heterocycles. The van der Waals surface area contributed by atoms with Crippen molar-refractivity contribution < 1.29 is 0 Å². The smallest absolute Gasteiger partial charge is 0.189 e. The maximum atomic E-state index is 6.16. The zero-order valence-corrected chi connectivity index (χ0v) is 12.6. The van der Waals surface area contributed by atoms with Crippen LogP contribution in [0.4, 0.5) is 5.69 Å². The molecule has 5 nitrogen and oxygen atoms in total. The number of rotatable bonds is 2. The molecule has 1 heterocycles. The highest BCUT2D eigenvalue weighted by Gasteiger charge is 2.16. The number of tetrazole rings is 1. The number of aromatic nitrogens is 4. The Hall–Kier alpha value is -2.11. The molecule has 0 atom stereocenters. The van der Waals surface area contributed by atoms with Crippen molar-refractivity contribution in [3.8, 4) is 17.1 Å². The van der Waals surface area contributed by atoms with Crippen molar-refractivity contribution in [2.75, 3.05) is 5.73 Å². The molecule has 0 saturated heterocycles. The lowest BCUT2D eigenvalue weighted by atomic mass is 10.1. The zero-order chi connectivity index (χ0) is 15.0. The van der Waals surface area contributed by atoms with Crippen molar-refractivity contribution in [3.05, 3.63) is 52.0 Å². The third-order valence-corrected chi connectivity index (χ3v) is 3.84. The minimum absolute atomic E-state index is 0.514. The number of nitrogen functional groups attached to an aromatic ring is 1. The number of benzene rings is 2. The number of hydrogen-bond acceptors (Lipinski definition) is 4. The van der Waals surface area contributed by atoms with Crippen LogP contribution in [0.3, 0.4) is 0 Å². The second-order valence-corrected chi connectivity index (χ2v) is 5.37. The van der Waals surface area contributed by atoms with Crippen LogP contribution in [0.2, 0.25) is 10.0 Å². The summed E-state index contributed by atoms with van der Waals surface area (Å²) in [5.74, 6) is 0.514. The molecule has 106 valence electrons. The number of nitrogens with zero attached hydrogens (tertiary/aromatic N) is 4. The molecule has 2 N–H and O–H groups in total. The zero-order valence-electron chi connectivity index (χ0n) is 11.1. The van der Waals surface area contributed by atoms with E-state index in [0.29, 0.717) is 27.1 Å². The summed E-state index contributed by atoms with van der Waals surface area (Å²) >= 11 is 12.2. The van der Waals surface area contributed by atoms with Crippen LogP contribution in [0, 0.1) is 6.92 Å². The van der Waals surface area contributed by atoms with E-state index < -0.39 is 0 Å². The Bertz CT molecular complexity index is 796. The highest BCUT2D eigenvalue weighted by atomic mass is 35.5. The Kier molecular flexibility index (Phi) is 3.53. The molecule has 7 heteroatoms. The summed E-state index contributed by atoms with van der Waals surface area (Å²) in [5.41, 5.74) is 8.90. The van der Waals surface area contributed by atoms with Crippen LogP contribution in [0.15, 0.2) is 36.4 Å². The standard InChI is InChI=1S/C14H11Cl2N5/c1-8-11(16)3-2-4-13(8)21-14(18-19-20-21)10-7-9(15)5-6-12(10)17/h2-7H,17H2,1H3. The van der Waals surface area contributed by atoms with E-state index >= 15 is 0 Å². The van der Waals surface area contributed by atoms with Crippen molar-refractivity contribution in [2.45, 2.75) is 6.92 Å². The molecule has 0 radical (unpaired) electrons. The molecule has 0 bridgehead atoms. The van der Waals surface area contributed by atoms with E-state index in [0.717, 1.165) is 11.3 Å². The third kappa shape index (κ3) is 2.46. The first-order valence-electron chi connectivity index (χ1n) is 6.17. The fourth-order valence-corrected chi connectivity index (χ4v) is 2.41. The van der Waals surface area contributed by atoms with Gasteiger partial charge in [-0.2, -0.15) is 4.68 Å². The van der Waals surface area contributed by atoms with Gasteiger partial charge in [0.1, 0.15) is 0 Å². The molecule has 0 spiro atoms. The van der Waals surface area contributed by atoms with Gasteiger partial charge in [-0.15, -0.1) is 5.10 Å². The summed E-state index contributed by atoms with van der Waals surface area (Å²) in [4.78, 5) is 0. The Morgan fingerprint density at radius 2 is 1.95 bits per heavy atom. The van der Waals surface area contributed by atoms with Gasteiger partial charge >= 0.3 is 0 Å². The maximum Gasteiger partial charge on any atom is 0.189 e. The number of anilines is 1. The van der Waals surface area contributed by atoms with Gasteiger partial charge in [0.15, 0.2) is 5.82 Å². The van der Waals surface area contributed by atoms with Gasteiger partial charge in [0, 0.05) is 21.3 Å². The molecule has 2 aromatic carbocycles. The van der Waals surface area contributed by atoms with Crippen molar-refractivity contribution in [1.29, 1.82) is 0 Å². The molecular weight excluding hydrogens is 309 g/mol. The molecule has 1 aromatic heterocycles. The number of nitrogens with two attached hydrogens (primary N) is 1. The number of hydrogen-bond donors (Lipinski definition) is 1. The van der Waals surface area contributed by atoms with Gasteiger partial charge in [0.2, 0.25) is 0 Å². The average Bonchev–Trinajstić information content (AvgIpc) is 2.93. The molecule has 0 amide bonds. The quantitative estimate of drug-likeness (QED) is 0.733. The summed E-state index contributed by atoms with van der Waals surface area (Å²) in [5, 5.41) is 13.0. The first-order chi connectivity index (χ1) is 10.1. The van der Waals surface area contributed by atoms with Crippen LogP contribution in [-0.2, 0) is 0 Å². The predicted molar refractivity (Wildman–Crippen MR) is 83.8 cm³/mol. The summed E-state index contributed by atoms with van der Waals surface area (Å²) in [6.45, 7) is 1.91. The van der Waals surface area contributed by atoms with Gasteiger partial charge in [0.25, 0.3) is 0 Å². The molecular formula is C14H11Cl2N5. The monoisotopic (exact) mass is 319 g/mol. The first-order valence-corrected chi connectivity index (χ1v) is 6.93. The maximum absolute atomic E-state index is 6.16. The van der Waals surface area contributed by atoms with Crippen molar-refractivity contribution in [2.24, 2.45) is 0 Å². The van der Waals surface area contributed by atoms with Crippen LogP contribution >= 0.6 is 23.2 Å². The van der Waals surface area contributed by atoms with E-state index in [4.69, 9.17) is 28.9 Å². The second kappa shape index (κ2) is 5.35. The average molecular weight is 320 g/mol. The highest BCUT2D eigenvalue weighted by molar-refractivity contribution is 6.31. The minimum atomic E-state index is 0.514. The SMILES string of the molecule is Cc1c(Cl)cccc1-n1nnnc1-c1cc(Cl)ccc1N. The topological polar surface area (TPSA) is 69.6 Å². The van der Waals surface area contributed by atoms with Gasteiger partial charge in [-0.3, -0.25) is 0 Å². The van der Waals surface area contributed by atoms with Crippen molar-refractivity contribution in [1.82, 2.24) is 20.2 Å². The summed E-state index contributed by atoms with van der Waals surface area (Å²) in [6.07, 6.45) is 0. The van der Waals surface area contributed by atoms with Crippen molar-refractivity contribution >= 4 is 28.9 Å². The Labute approximate surface area is 131 Å². The van der Waals surface area contributed by atoms with E-state index in [1.165, 1.54) is 0 Å². The normalized spacial score (nSPS) is 10.8. The second-order valence-electron chi connectivity index (χ2n) is 4.53. The van der Waals surface area contributed by atoms with E-state index in [1.54, 1.807) is 22.9 Å². The largest absolute Gasteiger partial charge is 0.398 e. The fourth-order valence-electron chi connectivity index (χ4n) is 2.07. The van der Waals surface area contributed by atoms with Gasteiger partial charge < -0.3 is 5.73 Å². The first kappa shape index (κ1) is 13.9. The number of halogens is 2. The van der Waals surface area contributed by atoms with Gasteiger partial charge in [-0.1, -0.05) is 29.3 Å². The third-order valence-electron chi connectivity index (χ3n) is 3.19. The summed E-state index contributed by atoms with van der Waals surface area (Å²) in [7, 11) is 0. The Balaban J connectivity index is 2.22. The fraction of sp³-hybridized carbons (Fsp3) is 0.0714. The summed E-state index contributed by atoms with van der Waals surface area (Å²) < 4.78 is 1.60. The van der Waals surface area contributed by atoms with Crippen LogP contribution in [0.5, 0.6) is 0 Å². The Morgan fingerprint density at radius 1 is 1.14 bits per heavy atom.